The summed E-state index contributed by atoms with van der Waals surface area (Å²) < 4.78 is 5.67. The Bertz CT molecular complexity index is 382. The van der Waals surface area contributed by atoms with Crippen LogP contribution in [0, 0.1) is 0 Å². The topological polar surface area (TPSA) is 29.5 Å². The summed E-state index contributed by atoms with van der Waals surface area (Å²) in [6.07, 6.45) is 3.61. The predicted molar refractivity (Wildman–Crippen MR) is 83.1 cm³/mol. The highest BCUT2D eigenvalue weighted by Gasteiger charge is 2.08. The highest BCUT2D eigenvalue weighted by atomic mass is 16.5. The number of hydrogen-bond acceptors (Lipinski definition) is 2. The normalized spacial score (nSPS) is 10.3. The molecule has 0 heterocycles. The van der Waals surface area contributed by atoms with E-state index in [-0.39, 0.29) is 5.91 Å². The van der Waals surface area contributed by atoms with Crippen LogP contribution < -0.4 is 4.74 Å². The van der Waals surface area contributed by atoms with E-state index in [1.807, 2.05) is 30.9 Å². The van der Waals surface area contributed by atoms with Gasteiger partial charge in [0.2, 0.25) is 5.91 Å². The number of carbonyl (C=O) groups excluding carboxylic acids is 1. The molecule has 0 aliphatic carbocycles. The minimum atomic E-state index is 0.219. The molecule has 0 bridgehead atoms. The Morgan fingerprint density at radius 1 is 1.10 bits per heavy atom. The molecule has 1 amide bonds. The Hall–Kier alpha value is -1.51. The molecule has 1 rings (SSSR count). The van der Waals surface area contributed by atoms with Crippen molar-refractivity contribution < 1.29 is 9.53 Å². The Balaban J connectivity index is 2.25. The van der Waals surface area contributed by atoms with Crippen molar-refractivity contribution in [3.05, 3.63) is 29.8 Å². The number of carbonyl (C=O) groups is 1. The van der Waals surface area contributed by atoms with Gasteiger partial charge in [-0.2, -0.15) is 0 Å². The van der Waals surface area contributed by atoms with Crippen LogP contribution in [0.1, 0.15) is 45.6 Å². The number of benzene rings is 1. The third-order valence-corrected chi connectivity index (χ3v) is 3.38. The Morgan fingerprint density at radius 3 is 2.30 bits per heavy atom. The van der Waals surface area contributed by atoms with Crippen LogP contribution in [-0.2, 0) is 11.2 Å². The molecule has 0 aliphatic heterocycles. The van der Waals surface area contributed by atoms with Crippen LogP contribution >= 0.6 is 0 Å². The zero-order valence-electron chi connectivity index (χ0n) is 13.0. The van der Waals surface area contributed by atoms with E-state index in [1.54, 1.807) is 0 Å². The second-order valence-corrected chi connectivity index (χ2v) is 4.91. The molecule has 1 aromatic rings. The summed E-state index contributed by atoms with van der Waals surface area (Å²) in [5.74, 6) is 1.11. The molecule has 3 nitrogen and oxygen atoms in total. The Kier molecular flexibility index (Phi) is 7.78. The minimum absolute atomic E-state index is 0.219. The van der Waals surface area contributed by atoms with Gasteiger partial charge in [-0.15, -0.1) is 0 Å². The molecule has 0 fully saturated rings. The minimum Gasteiger partial charge on any atom is -0.494 e. The molecule has 0 unspecified atom stereocenters. The Labute approximate surface area is 122 Å². The van der Waals surface area contributed by atoms with E-state index in [4.69, 9.17) is 4.74 Å². The molecule has 0 aliphatic rings. The summed E-state index contributed by atoms with van der Waals surface area (Å²) >= 11 is 0. The van der Waals surface area contributed by atoms with Gasteiger partial charge in [-0.05, 0) is 44.4 Å². The smallest absolute Gasteiger partial charge is 0.222 e. The van der Waals surface area contributed by atoms with Crippen molar-refractivity contribution in [2.24, 2.45) is 0 Å². The fourth-order valence-corrected chi connectivity index (χ4v) is 2.19. The third kappa shape index (κ3) is 5.64. The lowest BCUT2D eigenvalue weighted by Crippen LogP contribution is -2.30. The maximum Gasteiger partial charge on any atom is 0.222 e. The zero-order chi connectivity index (χ0) is 14.8. The van der Waals surface area contributed by atoms with Crippen LogP contribution in [0.2, 0.25) is 0 Å². The standard InChI is InChI=1S/C17H27NO2/c1-4-8-15-10-12-16(13-11-15)20-14-7-9-17(19)18(5-2)6-3/h10-13H,4-9,14H2,1-3H3. The van der Waals surface area contributed by atoms with E-state index in [2.05, 4.69) is 19.1 Å². The van der Waals surface area contributed by atoms with E-state index in [1.165, 1.54) is 5.56 Å². The number of ether oxygens (including phenoxy) is 1. The molecular formula is C17H27NO2. The largest absolute Gasteiger partial charge is 0.494 e. The van der Waals surface area contributed by atoms with Crippen molar-refractivity contribution in [3.8, 4) is 5.75 Å². The predicted octanol–water partition coefficient (Wildman–Crippen LogP) is 3.67. The first-order valence-electron chi connectivity index (χ1n) is 7.70. The van der Waals surface area contributed by atoms with Gasteiger partial charge in [-0.25, -0.2) is 0 Å². The van der Waals surface area contributed by atoms with E-state index < -0.39 is 0 Å². The summed E-state index contributed by atoms with van der Waals surface area (Å²) in [7, 11) is 0. The van der Waals surface area contributed by atoms with Gasteiger partial charge >= 0.3 is 0 Å². The monoisotopic (exact) mass is 277 g/mol. The lowest BCUT2D eigenvalue weighted by Gasteiger charge is -2.18. The van der Waals surface area contributed by atoms with Crippen molar-refractivity contribution in [2.45, 2.75) is 46.5 Å². The van der Waals surface area contributed by atoms with Crippen LogP contribution in [0.15, 0.2) is 24.3 Å². The van der Waals surface area contributed by atoms with Gasteiger partial charge in [0.05, 0.1) is 6.61 Å². The zero-order valence-corrected chi connectivity index (χ0v) is 13.0. The number of aryl methyl sites for hydroxylation is 1. The summed E-state index contributed by atoms with van der Waals surface area (Å²) in [6, 6.07) is 8.24. The van der Waals surface area contributed by atoms with Crippen LogP contribution in [0.3, 0.4) is 0 Å². The molecular weight excluding hydrogens is 250 g/mol. The highest BCUT2D eigenvalue weighted by molar-refractivity contribution is 5.76. The summed E-state index contributed by atoms with van der Waals surface area (Å²) in [5.41, 5.74) is 1.34. The van der Waals surface area contributed by atoms with Crippen molar-refractivity contribution in [1.82, 2.24) is 4.90 Å². The van der Waals surface area contributed by atoms with Crippen LogP contribution in [-0.4, -0.2) is 30.5 Å². The van der Waals surface area contributed by atoms with E-state index in [0.29, 0.717) is 13.0 Å². The number of hydrogen-bond donors (Lipinski definition) is 0. The lowest BCUT2D eigenvalue weighted by atomic mass is 10.1. The van der Waals surface area contributed by atoms with E-state index >= 15 is 0 Å². The SMILES string of the molecule is CCCc1ccc(OCCCC(=O)N(CC)CC)cc1. The molecule has 3 heteroatoms. The van der Waals surface area contributed by atoms with Gasteiger partial charge in [-0.1, -0.05) is 25.5 Å². The summed E-state index contributed by atoms with van der Waals surface area (Å²) in [5, 5.41) is 0. The molecule has 0 spiro atoms. The maximum absolute atomic E-state index is 11.8. The first kappa shape index (κ1) is 16.5. The quantitative estimate of drug-likeness (QED) is 0.645. The lowest BCUT2D eigenvalue weighted by molar-refractivity contribution is -0.131. The molecule has 0 N–H and O–H groups in total. The molecule has 0 saturated heterocycles. The molecule has 112 valence electrons. The van der Waals surface area contributed by atoms with Gasteiger partial charge in [0, 0.05) is 19.5 Å². The average Bonchev–Trinajstić information content (AvgIpc) is 2.47. The highest BCUT2D eigenvalue weighted by Crippen LogP contribution is 2.13. The molecule has 0 aromatic heterocycles. The molecule has 20 heavy (non-hydrogen) atoms. The Morgan fingerprint density at radius 2 is 1.75 bits per heavy atom. The summed E-state index contributed by atoms with van der Waals surface area (Å²) in [4.78, 5) is 13.7. The van der Waals surface area contributed by atoms with Gasteiger partial charge in [0.15, 0.2) is 0 Å². The number of nitrogens with zero attached hydrogens (tertiary/aromatic N) is 1. The maximum atomic E-state index is 11.8. The second-order valence-electron chi connectivity index (χ2n) is 4.91. The summed E-state index contributed by atoms with van der Waals surface area (Å²) in [6.45, 7) is 8.37. The first-order valence-corrected chi connectivity index (χ1v) is 7.70. The number of amides is 1. The fourth-order valence-electron chi connectivity index (χ4n) is 2.19. The van der Waals surface area contributed by atoms with E-state index in [9.17, 15) is 4.79 Å². The second kappa shape index (κ2) is 9.40. The molecule has 0 saturated carbocycles. The molecule has 0 atom stereocenters. The van der Waals surface area contributed by atoms with Gasteiger partial charge in [0.25, 0.3) is 0 Å². The van der Waals surface area contributed by atoms with E-state index in [0.717, 1.165) is 38.1 Å². The van der Waals surface area contributed by atoms with Crippen molar-refractivity contribution in [2.75, 3.05) is 19.7 Å². The van der Waals surface area contributed by atoms with Crippen LogP contribution in [0.25, 0.3) is 0 Å². The molecule has 0 radical (unpaired) electrons. The van der Waals surface area contributed by atoms with Crippen molar-refractivity contribution >= 4 is 5.91 Å². The van der Waals surface area contributed by atoms with Gasteiger partial charge < -0.3 is 9.64 Å². The van der Waals surface area contributed by atoms with Crippen molar-refractivity contribution in [1.29, 1.82) is 0 Å². The fraction of sp³-hybridized carbons (Fsp3) is 0.588. The first-order chi connectivity index (χ1) is 9.71. The van der Waals surface area contributed by atoms with Crippen LogP contribution in [0.4, 0.5) is 0 Å². The van der Waals surface area contributed by atoms with Gasteiger partial charge in [0.1, 0.15) is 5.75 Å². The van der Waals surface area contributed by atoms with Gasteiger partial charge in [-0.3, -0.25) is 4.79 Å². The van der Waals surface area contributed by atoms with Crippen LogP contribution in [0.5, 0.6) is 5.75 Å². The third-order valence-electron chi connectivity index (χ3n) is 3.38. The number of rotatable bonds is 9. The average molecular weight is 277 g/mol. The molecule has 1 aromatic carbocycles. The van der Waals surface area contributed by atoms with Crippen molar-refractivity contribution in [3.63, 3.8) is 0 Å².